The van der Waals surface area contributed by atoms with E-state index in [-0.39, 0.29) is 0 Å². The zero-order valence-corrected chi connectivity index (χ0v) is 10.3. The summed E-state index contributed by atoms with van der Waals surface area (Å²) >= 11 is 1.67. The summed E-state index contributed by atoms with van der Waals surface area (Å²) in [4.78, 5) is 5.47. The molecular formula is C12H15N3S. The molecule has 16 heavy (non-hydrogen) atoms. The molecule has 3 N–H and O–H groups in total. The minimum Gasteiger partial charge on any atom is -0.397 e. The molecule has 0 aliphatic carbocycles. The van der Waals surface area contributed by atoms with Crippen molar-refractivity contribution in [3.63, 3.8) is 0 Å². The van der Waals surface area contributed by atoms with E-state index in [1.165, 1.54) is 10.4 Å². The number of nitrogens with two attached hydrogens (primary N) is 1. The Hall–Kier alpha value is -1.55. The van der Waals surface area contributed by atoms with Crippen molar-refractivity contribution in [2.75, 3.05) is 11.1 Å². The second-order valence-corrected chi connectivity index (χ2v) is 4.69. The molecule has 3 nitrogen and oxygen atoms in total. The quantitative estimate of drug-likeness (QED) is 0.801. The van der Waals surface area contributed by atoms with E-state index in [1.54, 1.807) is 11.3 Å². The molecule has 0 unspecified atom stereocenters. The first-order chi connectivity index (χ1) is 7.68. The summed E-state index contributed by atoms with van der Waals surface area (Å²) in [5.41, 5.74) is 11.9. The largest absolute Gasteiger partial charge is 0.397 e. The maximum atomic E-state index is 5.92. The van der Waals surface area contributed by atoms with Gasteiger partial charge < -0.3 is 11.1 Å². The fourth-order valence-corrected chi connectivity index (χ4v) is 2.31. The highest BCUT2D eigenvalue weighted by Gasteiger charge is 2.04. The van der Waals surface area contributed by atoms with E-state index in [1.807, 2.05) is 24.6 Å². The molecule has 0 radical (unpaired) electrons. The third-order valence-corrected chi connectivity index (χ3v) is 3.51. The molecule has 0 atom stereocenters. The Labute approximate surface area is 99.3 Å². The van der Waals surface area contributed by atoms with Gasteiger partial charge in [0, 0.05) is 4.88 Å². The first-order valence-corrected chi connectivity index (χ1v) is 6.04. The maximum absolute atomic E-state index is 5.92. The Morgan fingerprint density at radius 3 is 2.81 bits per heavy atom. The summed E-state index contributed by atoms with van der Waals surface area (Å²) in [5.74, 6) is 0. The molecule has 0 spiro atoms. The number of nitrogens with zero attached hydrogens (tertiary/aromatic N) is 1. The topological polar surface area (TPSA) is 50.9 Å². The number of nitrogen functional groups attached to an aromatic ring is 1. The van der Waals surface area contributed by atoms with E-state index in [2.05, 4.69) is 23.3 Å². The van der Waals surface area contributed by atoms with Gasteiger partial charge in [0.2, 0.25) is 0 Å². The van der Waals surface area contributed by atoms with Crippen LogP contribution in [0.2, 0.25) is 0 Å². The van der Waals surface area contributed by atoms with Gasteiger partial charge in [-0.3, -0.25) is 0 Å². The van der Waals surface area contributed by atoms with Crippen molar-refractivity contribution in [1.29, 1.82) is 0 Å². The normalized spacial score (nSPS) is 10.4. The lowest BCUT2D eigenvalue weighted by Crippen LogP contribution is -2.03. The number of benzene rings is 1. The summed E-state index contributed by atoms with van der Waals surface area (Å²) in [6.07, 6.45) is 0. The van der Waals surface area contributed by atoms with Crippen molar-refractivity contribution in [3.8, 4) is 0 Å². The second-order valence-electron chi connectivity index (χ2n) is 3.75. The molecule has 2 rings (SSSR count). The van der Waals surface area contributed by atoms with Gasteiger partial charge in [-0.15, -0.1) is 11.3 Å². The van der Waals surface area contributed by atoms with Crippen LogP contribution in [-0.4, -0.2) is 4.98 Å². The van der Waals surface area contributed by atoms with E-state index in [4.69, 9.17) is 5.73 Å². The Morgan fingerprint density at radius 2 is 2.19 bits per heavy atom. The number of hydrogen-bond donors (Lipinski definition) is 2. The third-order valence-electron chi connectivity index (χ3n) is 2.58. The first kappa shape index (κ1) is 11.0. The molecule has 1 aromatic heterocycles. The van der Waals surface area contributed by atoms with E-state index in [9.17, 15) is 0 Å². The number of aryl methyl sites for hydroxylation is 2. The minimum atomic E-state index is 0.783. The second kappa shape index (κ2) is 4.53. The van der Waals surface area contributed by atoms with Crippen LogP contribution in [-0.2, 0) is 6.54 Å². The Morgan fingerprint density at radius 1 is 1.38 bits per heavy atom. The van der Waals surface area contributed by atoms with E-state index < -0.39 is 0 Å². The fraction of sp³-hybridized carbons (Fsp3) is 0.250. The lowest BCUT2D eigenvalue weighted by molar-refractivity contribution is 1.12. The molecule has 0 aliphatic rings. The highest BCUT2D eigenvalue weighted by Crippen LogP contribution is 2.24. The van der Waals surface area contributed by atoms with Gasteiger partial charge in [0.1, 0.15) is 0 Å². The number of thiazole rings is 1. The Kier molecular flexibility index (Phi) is 3.10. The lowest BCUT2D eigenvalue weighted by atomic mass is 10.1. The standard InChI is InChI=1S/C12H15N3S/c1-8-4-3-5-10(13)12(8)14-6-11-9(2)15-7-16-11/h3-5,7,14H,6,13H2,1-2H3. The number of nitrogens with one attached hydrogen (secondary N) is 1. The monoisotopic (exact) mass is 233 g/mol. The van der Waals surface area contributed by atoms with E-state index in [0.717, 1.165) is 23.6 Å². The zero-order chi connectivity index (χ0) is 11.5. The smallest absolute Gasteiger partial charge is 0.0798 e. The molecule has 1 heterocycles. The van der Waals surface area contributed by atoms with Crippen LogP contribution in [0.15, 0.2) is 23.7 Å². The van der Waals surface area contributed by atoms with Crippen LogP contribution in [0.25, 0.3) is 0 Å². The van der Waals surface area contributed by atoms with Gasteiger partial charge in [0.15, 0.2) is 0 Å². The van der Waals surface area contributed by atoms with Crippen LogP contribution < -0.4 is 11.1 Å². The van der Waals surface area contributed by atoms with Crippen LogP contribution in [0.1, 0.15) is 16.1 Å². The maximum Gasteiger partial charge on any atom is 0.0798 e. The van der Waals surface area contributed by atoms with Gasteiger partial charge in [-0.1, -0.05) is 12.1 Å². The van der Waals surface area contributed by atoms with Gasteiger partial charge in [-0.05, 0) is 25.5 Å². The number of hydrogen-bond acceptors (Lipinski definition) is 4. The van der Waals surface area contributed by atoms with Gasteiger partial charge in [0.05, 0.1) is 29.1 Å². The van der Waals surface area contributed by atoms with Crippen LogP contribution in [0.3, 0.4) is 0 Å². The minimum absolute atomic E-state index is 0.783. The van der Waals surface area contributed by atoms with Crippen molar-refractivity contribution in [2.45, 2.75) is 20.4 Å². The first-order valence-electron chi connectivity index (χ1n) is 5.16. The fourth-order valence-electron chi connectivity index (χ4n) is 1.60. The number of aromatic nitrogens is 1. The Balaban J connectivity index is 2.14. The average Bonchev–Trinajstić information content (AvgIpc) is 2.64. The lowest BCUT2D eigenvalue weighted by Gasteiger charge is -2.11. The van der Waals surface area contributed by atoms with Crippen molar-refractivity contribution >= 4 is 22.7 Å². The summed E-state index contributed by atoms with van der Waals surface area (Å²) in [5, 5.41) is 3.37. The molecule has 0 fully saturated rings. The van der Waals surface area contributed by atoms with Crippen molar-refractivity contribution in [1.82, 2.24) is 4.98 Å². The highest BCUT2D eigenvalue weighted by atomic mass is 32.1. The molecule has 0 saturated carbocycles. The van der Waals surface area contributed by atoms with Crippen molar-refractivity contribution in [3.05, 3.63) is 39.8 Å². The molecule has 1 aromatic carbocycles. The number of anilines is 2. The molecular weight excluding hydrogens is 218 g/mol. The number of rotatable bonds is 3. The zero-order valence-electron chi connectivity index (χ0n) is 9.45. The highest BCUT2D eigenvalue weighted by molar-refractivity contribution is 7.09. The molecule has 2 aromatic rings. The molecule has 4 heteroatoms. The summed E-state index contributed by atoms with van der Waals surface area (Å²) in [6.45, 7) is 4.86. The van der Waals surface area contributed by atoms with Crippen LogP contribution in [0.5, 0.6) is 0 Å². The van der Waals surface area contributed by atoms with E-state index >= 15 is 0 Å². The van der Waals surface area contributed by atoms with Crippen molar-refractivity contribution < 1.29 is 0 Å². The van der Waals surface area contributed by atoms with Gasteiger partial charge in [-0.25, -0.2) is 4.98 Å². The summed E-state index contributed by atoms with van der Waals surface area (Å²) in [6, 6.07) is 5.93. The van der Waals surface area contributed by atoms with Gasteiger partial charge in [-0.2, -0.15) is 0 Å². The molecule has 0 saturated heterocycles. The molecule has 0 amide bonds. The predicted molar refractivity (Wildman–Crippen MR) is 69.8 cm³/mol. The van der Waals surface area contributed by atoms with E-state index in [0.29, 0.717) is 0 Å². The number of para-hydroxylation sites is 1. The summed E-state index contributed by atoms with van der Waals surface area (Å²) in [7, 11) is 0. The average molecular weight is 233 g/mol. The molecule has 0 aliphatic heterocycles. The van der Waals surface area contributed by atoms with Gasteiger partial charge >= 0.3 is 0 Å². The SMILES string of the molecule is Cc1cccc(N)c1NCc1scnc1C. The van der Waals surface area contributed by atoms with Gasteiger partial charge in [0.25, 0.3) is 0 Å². The summed E-state index contributed by atoms with van der Waals surface area (Å²) < 4.78 is 0. The third kappa shape index (κ3) is 2.17. The van der Waals surface area contributed by atoms with Crippen LogP contribution in [0, 0.1) is 13.8 Å². The Bertz CT molecular complexity index is 471. The predicted octanol–water partition coefficient (Wildman–Crippen LogP) is 2.95. The van der Waals surface area contributed by atoms with Crippen LogP contribution in [0.4, 0.5) is 11.4 Å². The molecule has 84 valence electrons. The molecule has 0 bridgehead atoms. The van der Waals surface area contributed by atoms with Crippen molar-refractivity contribution in [2.24, 2.45) is 0 Å². The van der Waals surface area contributed by atoms with Crippen LogP contribution >= 0.6 is 11.3 Å².